The Bertz CT molecular complexity index is 1030. The minimum atomic E-state index is -0.152. The number of hydrogen-bond acceptors (Lipinski definition) is 5. The van der Waals surface area contributed by atoms with Crippen LogP contribution in [0.25, 0.3) is 5.65 Å². The highest BCUT2D eigenvalue weighted by Crippen LogP contribution is 2.21. The molecule has 1 saturated heterocycles. The Kier molecular flexibility index (Phi) is 4.77. The lowest BCUT2D eigenvalue weighted by Gasteiger charge is -2.37. The van der Waals surface area contributed by atoms with Gasteiger partial charge in [-0.2, -0.15) is 0 Å². The molecule has 0 saturated carbocycles. The fourth-order valence-electron chi connectivity index (χ4n) is 3.66. The van der Waals surface area contributed by atoms with Crippen molar-refractivity contribution < 1.29 is 9.59 Å². The third-order valence-electron chi connectivity index (χ3n) is 5.34. The number of tetrazole rings is 1. The van der Waals surface area contributed by atoms with Crippen molar-refractivity contribution >= 4 is 17.5 Å². The summed E-state index contributed by atoms with van der Waals surface area (Å²) in [6.45, 7) is 5.25. The standard InChI is InChI=1S/C20H22N6O2/c1-13-5-3-4-6-16(13)20(28)25-9-8-17(14(2)12-25)21-19(27)15-7-10-26-18(11-15)22-23-24-26/h3-7,10-11,14,17H,8-9,12H2,1-2H3,(H,21,27). The molecule has 1 aliphatic rings. The van der Waals surface area contributed by atoms with Gasteiger partial charge in [0, 0.05) is 36.5 Å². The van der Waals surface area contributed by atoms with Crippen LogP contribution in [0.15, 0.2) is 42.6 Å². The van der Waals surface area contributed by atoms with E-state index in [1.54, 1.807) is 18.3 Å². The highest BCUT2D eigenvalue weighted by Gasteiger charge is 2.30. The molecule has 4 rings (SSSR count). The number of aromatic nitrogens is 4. The number of aryl methyl sites for hydroxylation is 1. The van der Waals surface area contributed by atoms with Gasteiger partial charge in [0.25, 0.3) is 11.8 Å². The van der Waals surface area contributed by atoms with Crippen LogP contribution in [-0.4, -0.2) is 55.9 Å². The number of amides is 2. The Balaban J connectivity index is 1.40. The third kappa shape index (κ3) is 3.45. The molecular weight excluding hydrogens is 356 g/mol. The van der Waals surface area contributed by atoms with Gasteiger partial charge in [0.15, 0.2) is 5.65 Å². The van der Waals surface area contributed by atoms with Gasteiger partial charge in [0.2, 0.25) is 0 Å². The molecule has 2 atom stereocenters. The summed E-state index contributed by atoms with van der Waals surface area (Å²) in [4.78, 5) is 27.3. The number of piperidine rings is 1. The summed E-state index contributed by atoms with van der Waals surface area (Å²) >= 11 is 0. The second-order valence-electron chi connectivity index (χ2n) is 7.31. The number of nitrogens with one attached hydrogen (secondary N) is 1. The zero-order valence-corrected chi connectivity index (χ0v) is 15.9. The van der Waals surface area contributed by atoms with Crippen LogP contribution in [0, 0.1) is 12.8 Å². The number of fused-ring (bicyclic) bond motifs is 1. The summed E-state index contributed by atoms with van der Waals surface area (Å²) in [5.74, 6) is 0.0599. The molecule has 0 bridgehead atoms. The van der Waals surface area contributed by atoms with Crippen molar-refractivity contribution in [3.05, 3.63) is 59.3 Å². The number of benzene rings is 1. The first-order valence-corrected chi connectivity index (χ1v) is 9.36. The van der Waals surface area contributed by atoms with Crippen molar-refractivity contribution in [2.45, 2.75) is 26.3 Å². The van der Waals surface area contributed by atoms with Crippen molar-refractivity contribution in [3.8, 4) is 0 Å². The van der Waals surface area contributed by atoms with Gasteiger partial charge in [-0.25, -0.2) is 4.52 Å². The normalized spacial score (nSPS) is 19.6. The molecule has 0 radical (unpaired) electrons. The van der Waals surface area contributed by atoms with E-state index in [0.29, 0.717) is 24.3 Å². The zero-order chi connectivity index (χ0) is 19.7. The van der Waals surface area contributed by atoms with E-state index in [1.807, 2.05) is 36.1 Å². The van der Waals surface area contributed by atoms with Crippen LogP contribution >= 0.6 is 0 Å². The Morgan fingerprint density at radius 1 is 1.21 bits per heavy atom. The van der Waals surface area contributed by atoms with E-state index in [9.17, 15) is 9.59 Å². The number of rotatable bonds is 3. The molecule has 8 nitrogen and oxygen atoms in total. The molecule has 2 aromatic heterocycles. The first kappa shape index (κ1) is 18.1. The summed E-state index contributed by atoms with van der Waals surface area (Å²) in [6, 6.07) is 11.0. The number of hydrogen-bond donors (Lipinski definition) is 1. The molecule has 2 amide bonds. The van der Waals surface area contributed by atoms with E-state index >= 15 is 0 Å². The third-order valence-corrected chi connectivity index (χ3v) is 5.34. The Hall–Kier alpha value is -3.29. The number of carbonyl (C=O) groups excluding carboxylic acids is 2. The van der Waals surface area contributed by atoms with Crippen molar-refractivity contribution in [1.29, 1.82) is 0 Å². The number of pyridine rings is 1. The Morgan fingerprint density at radius 3 is 2.82 bits per heavy atom. The molecule has 144 valence electrons. The van der Waals surface area contributed by atoms with Gasteiger partial charge >= 0.3 is 0 Å². The molecule has 0 aliphatic carbocycles. The SMILES string of the molecule is Cc1ccccc1C(=O)N1CCC(NC(=O)c2ccn3nnnc3c2)C(C)C1. The molecule has 1 aliphatic heterocycles. The summed E-state index contributed by atoms with van der Waals surface area (Å²) in [5.41, 5.74) is 2.77. The summed E-state index contributed by atoms with van der Waals surface area (Å²) < 4.78 is 1.51. The molecule has 0 spiro atoms. The van der Waals surface area contributed by atoms with Crippen LogP contribution < -0.4 is 5.32 Å². The smallest absolute Gasteiger partial charge is 0.254 e. The molecule has 1 N–H and O–H groups in total. The van der Waals surface area contributed by atoms with Crippen molar-refractivity contribution in [2.75, 3.05) is 13.1 Å². The molecule has 28 heavy (non-hydrogen) atoms. The van der Waals surface area contributed by atoms with Gasteiger partial charge in [-0.15, -0.1) is 5.10 Å². The van der Waals surface area contributed by atoms with E-state index in [-0.39, 0.29) is 23.8 Å². The molecule has 2 unspecified atom stereocenters. The maximum Gasteiger partial charge on any atom is 0.254 e. The highest BCUT2D eigenvalue weighted by atomic mass is 16.2. The first-order valence-electron chi connectivity index (χ1n) is 9.36. The van der Waals surface area contributed by atoms with Crippen molar-refractivity contribution in [1.82, 2.24) is 30.3 Å². The van der Waals surface area contributed by atoms with E-state index in [2.05, 4.69) is 27.8 Å². The average Bonchev–Trinajstić information content (AvgIpc) is 3.17. The van der Waals surface area contributed by atoms with Crippen LogP contribution in [0.3, 0.4) is 0 Å². The van der Waals surface area contributed by atoms with Crippen LogP contribution in [0.1, 0.15) is 39.6 Å². The molecule has 3 aromatic rings. The largest absolute Gasteiger partial charge is 0.349 e. The van der Waals surface area contributed by atoms with Crippen LogP contribution in [-0.2, 0) is 0 Å². The summed E-state index contributed by atoms with van der Waals surface area (Å²) in [7, 11) is 0. The van der Waals surface area contributed by atoms with Crippen molar-refractivity contribution in [3.63, 3.8) is 0 Å². The van der Waals surface area contributed by atoms with Gasteiger partial charge < -0.3 is 10.2 Å². The summed E-state index contributed by atoms with van der Waals surface area (Å²) in [5, 5.41) is 14.3. The second kappa shape index (κ2) is 7.38. The van der Waals surface area contributed by atoms with Crippen molar-refractivity contribution in [2.24, 2.45) is 5.92 Å². The van der Waals surface area contributed by atoms with Gasteiger partial charge in [-0.05, 0) is 53.5 Å². The van der Waals surface area contributed by atoms with E-state index in [1.165, 1.54) is 4.52 Å². The average molecular weight is 378 g/mol. The van der Waals surface area contributed by atoms with Crippen LogP contribution in [0.5, 0.6) is 0 Å². The predicted octanol–water partition coefficient (Wildman–Crippen LogP) is 1.71. The minimum Gasteiger partial charge on any atom is -0.349 e. The quantitative estimate of drug-likeness (QED) is 0.749. The predicted molar refractivity (Wildman–Crippen MR) is 103 cm³/mol. The Labute approximate surface area is 162 Å². The van der Waals surface area contributed by atoms with Crippen LogP contribution in [0.4, 0.5) is 0 Å². The lowest BCUT2D eigenvalue weighted by atomic mass is 9.92. The Morgan fingerprint density at radius 2 is 2.04 bits per heavy atom. The van der Waals surface area contributed by atoms with Gasteiger partial charge in [0.1, 0.15) is 0 Å². The van der Waals surface area contributed by atoms with Gasteiger partial charge in [-0.3, -0.25) is 9.59 Å². The monoisotopic (exact) mass is 378 g/mol. The topological polar surface area (TPSA) is 92.5 Å². The fourth-order valence-corrected chi connectivity index (χ4v) is 3.66. The zero-order valence-electron chi connectivity index (χ0n) is 15.9. The van der Waals surface area contributed by atoms with Gasteiger partial charge in [0.05, 0.1) is 0 Å². The lowest BCUT2D eigenvalue weighted by Crippen LogP contribution is -2.51. The highest BCUT2D eigenvalue weighted by molar-refractivity contribution is 5.96. The number of carbonyl (C=O) groups is 2. The maximum atomic E-state index is 12.8. The second-order valence-corrected chi connectivity index (χ2v) is 7.31. The van der Waals surface area contributed by atoms with Gasteiger partial charge in [-0.1, -0.05) is 25.1 Å². The van der Waals surface area contributed by atoms with Crippen LogP contribution in [0.2, 0.25) is 0 Å². The maximum absolute atomic E-state index is 12.8. The molecule has 1 fully saturated rings. The fraction of sp³-hybridized carbons (Fsp3) is 0.350. The number of nitrogens with zero attached hydrogens (tertiary/aromatic N) is 5. The van der Waals surface area contributed by atoms with E-state index in [4.69, 9.17) is 0 Å². The lowest BCUT2D eigenvalue weighted by molar-refractivity contribution is 0.0632. The molecule has 1 aromatic carbocycles. The van der Waals surface area contributed by atoms with E-state index in [0.717, 1.165) is 17.5 Å². The number of likely N-dealkylation sites (tertiary alicyclic amines) is 1. The molecule has 3 heterocycles. The van der Waals surface area contributed by atoms with E-state index < -0.39 is 0 Å². The summed E-state index contributed by atoms with van der Waals surface area (Å²) in [6.07, 6.45) is 2.39. The molecular formula is C20H22N6O2. The molecule has 8 heteroatoms. The first-order chi connectivity index (χ1) is 13.5. The minimum absolute atomic E-state index is 0.0145.